The first kappa shape index (κ1) is 27.2. The van der Waals surface area contributed by atoms with Gasteiger partial charge >= 0.3 is 0 Å². The molecule has 1 aliphatic heterocycles. The second-order valence-corrected chi connectivity index (χ2v) is 12.7. The maximum absolute atomic E-state index is 13.4. The number of sulfonamides is 1. The number of fused-ring (bicyclic) bond motifs is 1. The molecule has 1 aliphatic rings. The topological polar surface area (TPSA) is 144 Å². The fourth-order valence-corrected chi connectivity index (χ4v) is 6.16. The van der Waals surface area contributed by atoms with Gasteiger partial charge in [-0.25, -0.2) is 21.5 Å². The molecule has 3 N–H and O–H groups in total. The van der Waals surface area contributed by atoms with Crippen molar-refractivity contribution in [3.63, 3.8) is 0 Å². The molecule has 10 nitrogen and oxygen atoms in total. The maximum Gasteiger partial charge on any atom is 0.263 e. The van der Waals surface area contributed by atoms with Gasteiger partial charge in [-0.05, 0) is 49.6 Å². The van der Waals surface area contributed by atoms with Crippen molar-refractivity contribution in [2.24, 2.45) is 5.73 Å². The van der Waals surface area contributed by atoms with E-state index in [1.165, 1.54) is 15.8 Å². The van der Waals surface area contributed by atoms with E-state index in [0.29, 0.717) is 44.6 Å². The molecule has 194 valence electrons. The first-order chi connectivity index (χ1) is 16.6. The first-order valence-corrected chi connectivity index (χ1v) is 15.5. The van der Waals surface area contributed by atoms with Gasteiger partial charge < -0.3 is 10.6 Å². The number of sulfone groups is 1. The Hall–Kier alpha value is -2.44. The molecule has 0 atom stereocenters. The minimum absolute atomic E-state index is 0.0988. The number of nitrogens with zero attached hydrogens (tertiary/aromatic N) is 3. The number of anilines is 2. The summed E-state index contributed by atoms with van der Waals surface area (Å²) in [4.78, 5) is 15.2. The fraction of sp³-hybridized carbons (Fsp3) is 0.565. The number of nitrogens with two attached hydrogens (primary N) is 1. The molecule has 0 bridgehead atoms. The number of nitrogens with one attached hydrogen (secondary N) is 1. The summed E-state index contributed by atoms with van der Waals surface area (Å²) in [7, 11) is -7.04. The summed E-state index contributed by atoms with van der Waals surface area (Å²) in [5.41, 5.74) is 7.09. The fourth-order valence-electron chi connectivity index (χ4n) is 4.18. The molecule has 12 heteroatoms. The lowest BCUT2D eigenvalue weighted by atomic mass is 10.2. The number of amides is 1. The van der Waals surface area contributed by atoms with Gasteiger partial charge in [0.1, 0.15) is 5.56 Å². The average Bonchev–Trinajstić information content (AvgIpc) is 3.39. The van der Waals surface area contributed by atoms with Crippen LogP contribution >= 0.6 is 0 Å². The second kappa shape index (κ2) is 11.5. The van der Waals surface area contributed by atoms with Crippen LogP contribution in [0.25, 0.3) is 0 Å². The number of unbranched alkanes of at least 4 members (excludes halogenated alkanes) is 4. The van der Waals surface area contributed by atoms with Crippen molar-refractivity contribution in [3.05, 3.63) is 35.5 Å². The molecule has 0 fully saturated rings. The van der Waals surface area contributed by atoms with Gasteiger partial charge in [0, 0.05) is 18.8 Å². The van der Waals surface area contributed by atoms with Crippen molar-refractivity contribution in [2.75, 3.05) is 34.7 Å². The van der Waals surface area contributed by atoms with E-state index in [4.69, 9.17) is 5.73 Å². The summed E-state index contributed by atoms with van der Waals surface area (Å²) in [6, 6.07) is 4.86. The van der Waals surface area contributed by atoms with Gasteiger partial charge in [-0.15, -0.1) is 0 Å². The minimum atomic E-state index is -3.65. The number of benzene rings is 1. The van der Waals surface area contributed by atoms with Gasteiger partial charge in [0.25, 0.3) is 5.91 Å². The van der Waals surface area contributed by atoms with Crippen LogP contribution in [0.4, 0.5) is 11.5 Å². The number of hydrogen-bond acceptors (Lipinski definition) is 7. The van der Waals surface area contributed by atoms with Crippen LogP contribution in [0.15, 0.2) is 29.3 Å². The molecule has 0 aliphatic carbocycles. The van der Waals surface area contributed by atoms with Crippen LogP contribution in [0.5, 0.6) is 0 Å². The van der Waals surface area contributed by atoms with Crippen molar-refractivity contribution in [1.29, 1.82) is 0 Å². The molecular weight excluding hydrogens is 490 g/mol. The van der Waals surface area contributed by atoms with E-state index in [0.717, 1.165) is 37.5 Å². The third-order valence-corrected chi connectivity index (χ3v) is 8.36. The van der Waals surface area contributed by atoms with E-state index in [2.05, 4.69) is 16.7 Å². The van der Waals surface area contributed by atoms with Crippen LogP contribution in [0.3, 0.4) is 0 Å². The van der Waals surface area contributed by atoms with Crippen LogP contribution in [-0.2, 0) is 32.8 Å². The molecule has 0 spiro atoms. The summed E-state index contributed by atoms with van der Waals surface area (Å²) in [6.45, 7) is 3.23. The molecule has 0 saturated carbocycles. The molecule has 1 amide bonds. The highest BCUT2D eigenvalue weighted by Gasteiger charge is 2.31. The van der Waals surface area contributed by atoms with Crippen molar-refractivity contribution < 1.29 is 21.6 Å². The zero-order valence-electron chi connectivity index (χ0n) is 20.4. The summed E-state index contributed by atoms with van der Waals surface area (Å²) in [5, 5.41) is 4.19. The summed E-state index contributed by atoms with van der Waals surface area (Å²) < 4.78 is 53.3. The molecule has 0 radical (unpaired) electrons. The predicted molar refractivity (Wildman–Crippen MR) is 137 cm³/mol. The highest BCUT2D eigenvalue weighted by molar-refractivity contribution is 7.92. The highest BCUT2D eigenvalue weighted by atomic mass is 32.2. The van der Waals surface area contributed by atoms with E-state index < -0.39 is 25.8 Å². The van der Waals surface area contributed by atoms with Crippen LogP contribution in [-0.4, -0.2) is 57.6 Å². The Kier molecular flexibility index (Phi) is 8.94. The highest BCUT2D eigenvalue weighted by Crippen LogP contribution is 2.33. The molecule has 35 heavy (non-hydrogen) atoms. The Labute approximate surface area is 207 Å². The second-order valence-electron chi connectivity index (χ2n) is 8.88. The number of aromatic nitrogens is 2. The standard InChI is InChI=1S/C23H35N5O5S2/c1-3-4-5-6-7-15-35(32,33)19-9-10-21-18(16-19)11-14-27(21)23(29)20-17-25-28(13-8-12-24)22(20)26-34(2,30)31/h9-10,16-17,26H,3-8,11-15,24H2,1-2H3. The van der Waals surface area contributed by atoms with Gasteiger partial charge in [0.15, 0.2) is 15.7 Å². The Morgan fingerprint density at radius 3 is 2.54 bits per heavy atom. The van der Waals surface area contributed by atoms with Crippen molar-refractivity contribution >= 4 is 37.3 Å². The summed E-state index contributed by atoms with van der Waals surface area (Å²) in [5.74, 6) is -0.192. The Morgan fingerprint density at radius 1 is 1.11 bits per heavy atom. The van der Waals surface area contributed by atoms with Gasteiger partial charge in [-0.1, -0.05) is 32.6 Å². The van der Waals surface area contributed by atoms with E-state index in [1.54, 1.807) is 18.2 Å². The lowest BCUT2D eigenvalue weighted by Gasteiger charge is -2.18. The predicted octanol–water partition coefficient (Wildman–Crippen LogP) is 2.55. The minimum Gasteiger partial charge on any atom is -0.330 e. The zero-order valence-corrected chi connectivity index (χ0v) is 22.0. The molecular formula is C23H35N5O5S2. The number of aryl methyl sites for hydroxylation is 1. The van der Waals surface area contributed by atoms with E-state index in [1.807, 2.05) is 0 Å². The molecule has 1 aromatic carbocycles. The molecule has 2 heterocycles. The lowest BCUT2D eigenvalue weighted by Crippen LogP contribution is -2.30. The Bertz CT molecular complexity index is 1260. The third kappa shape index (κ3) is 6.83. The number of carbonyl (C=O) groups is 1. The summed E-state index contributed by atoms with van der Waals surface area (Å²) >= 11 is 0. The van der Waals surface area contributed by atoms with Crippen LogP contribution in [0, 0.1) is 0 Å². The summed E-state index contributed by atoms with van der Waals surface area (Å²) in [6.07, 6.45) is 8.21. The van der Waals surface area contributed by atoms with Crippen LogP contribution in [0.2, 0.25) is 0 Å². The largest absolute Gasteiger partial charge is 0.330 e. The zero-order chi connectivity index (χ0) is 25.6. The third-order valence-electron chi connectivity index (χ3n) is 5.99. The van der Waals surface area contributed by atoms with E-state index in [9.17, 15) is 21.6 Å². The van der Waals surface area contributed by atoms with Crippen molar-refractivity contribution in [2.45, 2.75) is 63.3 Å². The first-order valence-electron chi connectivity index (χ1n) is 12.0. The smallest absolute Gasteiger partial charge is 0.263 e. The SMILES string of the molecule is CCCCCCCS(=O)(=O)c1ccc2c(c1)CCN2C(=O)c1cnn(CCCN)c1NS(C)(=O)=O. The monoisotopic (exact) mass is 525 g/mol. The lowest BCUT2D eigenvalue weighted by molar-refractivity contribution is 0.0990. The van der Waals surface area contributed by atoms with E-state index >= 15 is 0 Å². The molecule has 2 aromatic rings. The Balaban J connectivity index is 1.81. The van der Waals surface area contributed by atoms with Crippen LogP contribution < -0.4 is 15.4 Å². The number of carbonyl (C=O) groups excluding carboxylic acids is 1. The van der Waals surface area contributed by atoms with Crippen molar-refractivity contribution in [3.8, 4) is 0 Å². The van der Waals surface area contributed by atoms with Gasteiger partial charge in [0.05, 0.1) is 23.1 Å². The molecule has 3 rings (SSSR count). The normalized spacial score (nSPS) is 13.7. The van der Waals surface area contributed by atoms with Gasteiger partial charge in [0.2, 0.25) is 10.0 Å². The number of hydrogen-bond donors (Lipinski definition) is 2. The number of rotatable bonds is 13. The molecule has 0 unspecified atom stereocenters. The maximum atomic E-state index is 13.4. The average molecular weight is 526 g/mol. The van der Waals surface area contributed by atoms with Crippen molar-refractivity contribution in [1.82, 2.24) is 9.78 Å². The quantitative estimate of drug-likeness (QED) is 0.382. The molecule has 0 saturated heterocycles. The van der Waals surface area contributed by atoms with Crippen LogP contribution in [0.1, 0.15) is 61.4 Å². The van der Waals surface area contributed by atoms with E-state index in [-0.39, 0.29) is 22.0 Å². The Morgan fingerprint density at radius 2 is 1.86 bits per heavy atom. The van der Waals surface area contributed by atoms with Gasteiger partial charge in [-0.2, -0.15) is 5.10 Å². The van der Waals surface area contributed by atoms with Gasteiger partial charge in [-0.3, -0.25) is 9.52 Å². The molecule has 1 aromatic heterocycles.